The Morgan fingerprint density at radius 3 is 2.50 bits per heavy atom. The highest BCUT2D eigenvalue weighted by Crippen LogP contribution is 2.34. The molecule has 0 aliphatic heterocycles. The number of halogens is 4. The molecule has 0 fully saturated rings. The van der Waals surface area contributed by atoms with Crippen molar-refractivity contribution in [3.8, 4) is 0 Å². The molecule has 1 aromatic rings. The van der Waals surface area contributed by atoms with Crippen molar-refractivity contribution in [2.75, 3.05) is 18.5 Å². The highest BCUT2D eigenvalue weighted by atomic mass is 79.9. The third-order valence-corrected chi connectivity index (χ3v) is 3.04. The van der Waals surface area contributed by atoms with Crippen molar-refractivity contribution in [2.45, 2.75) is 12.6 Å². The van der Waals surface area contributed by atoms with E-state index >= 15 is 0 Å². The summed E-state index contributed by atoms with van der Waals surface area (Å²) in [6.45, 7) is 0.472. The second kappa shape index (κ2) is 5.60. The van der Waals surface area contributed by atoms with Crippen molar-refractivity contribution in [1.29, 1.82) is 5.41 Å². The van der Waals surface area contributed by atoms with E-state index in [1.165, 1.54) is 6.07 Å². The van der Waals surface area contributed by atoms with Crippen LogP contribution in [0.25, 0.3) is 0 Å². The van der Waals surface area contributed by atoms with Crippen molar-refractivity contribution >= 4 is 27.5 Å². The van der Waals surface area contributed by atoms with Gasteiger partial charge in [-0.05, 0) is 34.1 Å². The fourth-order valence-corrected chi connectivity index (χ4v) is 2.08. The third-order valence-electron chi connectivity index (χ3n) is 2.40. The van der Waals surface area contributed by atoms with Gasteiger partial charge in [0.05, 0.1) is 17.1 Å². The van der Waals surface area contributed by atoms with Crippen molar-refractivity contribution in [3.63, 3.8) is 0 Å². The van der Waals surface area contributed by atoms with E-state index in [0.717, 1.165) is 12.1 Å². The zero-order chi connectivity index (χ0) is 13.9. The SMILES string of the molecule is CN(CCC(=N)N)c1ccc(C(F)(F)F)cc1Br. The van der Waals surface area contributed by atoms with E-state index in [9.17, 15) is 13.2 Å². The number of alkyl halides is 3. The molecule has 0 saturated carbocycles. The van der Waals surface area contributed by atoms with Crippen LogP contribution in [-0.4, -0.2) is 19.4 Å². The normalized spacial score (nSPS) is 11.4. The largest absolute Gasteiger partial charge is 0.416 e. The summed E-state index contributed by atoms with van der Waals surface area (Å²) in [4.78, 5) is 1.74. The summed E-state index contributed by atoms with van der Waals surface area (Å²) in [5.74, 6) is 0.0462. The topological polar surface area (TPSA) is 53.1 Å². The van der Waals surface area contributed by atoms with Crippen molar-refractivity contribution in [3.05, 3.63) is 28.2 Å². The number of hydrogen-bond acceptors (Lipinski definition) is 2. The van der Waals surface area contributed by atoms with E-state index in [2.05, 4.69) is 15.9 Å². The molecule has 0 bridgehead atoms. The Kier molecular flexibility index (Phi) is 4.61. The number of benzene rings is 1. The van der Waals surface area contributed by atoms with Gasteiger partial charge in [-0.25, -0.2) is 0 Å². The minimum atomic E-state index is -4.35. The molecule has 0 aromatic heterocycles. The number of nitrogens with two attached hydrogens (primary N) is 1. The predicted octanol–water partition coefficient (Wildman–Crippen LogP) is 3.23. The number of rotatable bonds is 4. The van der Waals surface area contributed by atoms with Crippen LogP contribution in [0.2, 0.25) is 0 Å². The Balaban J connectivity index is 2.88. The summed E-state index contributed by atoms with van der Waals surface area (Å²) in [5, 5.41) is 7.11. The molecule has 0 saturated heterocycles. The molecular formula is C11H13BrF3N3. The average Bonchev–Trinajstić information content (AvgIpc) is 2.24. The lowest BCUT2D eigenvalue weighted by atomic mass is 10.2. The highest BCUT2D eigenvalue weighted by molar-refractivity contribution is 9.10. The van der Waals surface area contributed by atoms with E-state index in [4.69, 9.17) is 11.1 Å². The van der Waals surface area contributed by atoms with E-state index in [1.807, 2.05) is 0 Å². The molecule has 0 atom stereocenters. The number of anilines is 1. The van der Waals surface area contributed by atoms with Crippen LogP contribution in [0.1, 0.15) is 12.0 Å². The first-order valence-corrected chi connectivity index (χ1v) is 5.92. The molecule has 0 radical (unpaired) electrons. The van der Waals surface area contributed by atoms with Gasteiger partial charge < -0.3 is 10.6 Å². The molecule has 3 N–H and O–H groups in total. The maximum Gasteiger partial charge on any atom is 0.416 e. The van der Waals surface area contributed by atoms with Gasteiger partial charge in [-0.1, -0.05) is 0 Å². The first kappa shape index (κ1) is 14.8. The zero-order valence-electron chi connectivity index (χ0n) is 9.68. The fourth-order valence-electron chi connectivity index (χ4n) is 1.40. The van der Waals surface area contributed by atoms with Gasteiger partial charge >= 0.3 is 6.18 Å². The lowest BCUT2D eigenvalue weighted by Gasteiger charge is -2.21. The number of amidine groups is 1. The second-order valence-corrected chi connectivity index (χ2v) is 4.72. The summed E-state index contributed by atoms with van der Waals surface area (Å²) >= 11 is 3.12. The molecule has 7 heteroatoms. The van der Waals surface area contributed by atoms with Crippen LogP contribution < -0.4 is 10.6 Å². The summed E-state index contributed by atoms with van der Waals surface area (Å²) in [6.07, 6.45) is -3.98. The van der Waals surface area contributed by atoms with E-state index in [0.29, 0.717) is 23.1 Å². The van der Waals surface area contributed by atoms with Crippen LogP contribution in [0.3, 0.4) is 0 Å². The molecular weight excluding hydrogens is 311 g/mol. The van der Waals surface area contributed by atoms with Gasteiger partial charge in [0, 0.05) is 24.5 Å². The Hall–Kier alpha value is -1.24. The monoisotopic (exact) mass is 323 g/mol. The Morgan fingerprint density at radius 1 is 1.44 bits per heavy atom. The number of hydrogen-bond donors (Lipinski definition) is 2. The molecule has 0 unspecified atom stereocenters. The minimum absolute atomic E-state index is 0.0462. The molecule has 0 heterocycles. The van der Waals surface area contributed by atoms with Crippen LogP contribution in [0.4, 0.5) is 18.9 Å². The fraction of sp³-hybridized carbons (Fsp3) is 0.364. The van der Waals surface area contributed by atoms with Gasteiger partial charge in [-0.2, -0.15) is 13.2 Å². The van der Waals surface area contributed by atoms with Crippen LogP contribution in [0, 0.1) is 5.41 Å². The van der Waals surface area contributed by atoms with Crippen LogP contribution in [0.5, 0.6) is 0 Å². The van der Waals surface area contributed by atoms with Gasteiger partial charge in [0.2, 0.25) is 0 Å². The molecule has 100 valence electrons. The summed E-state index contributed by atoms with van der Waals surface area (Å²) in [7, 11) is 1.73. The lowest BCUT2D eigenvalue weighted by molar-refractivity contribution is -0.137. The van der Waals surface area contributed by atoms with Gasteiger partial charge in [-0.15, -0.1) is 0 Å². The predicted molar refractivity (Wildman–Crippen MR) is 68.9 cm³/mol. The molecule has 18 heavy (non-hydrogen) atoms. The van der Waals surface area contributed by atoms with Crippen molar-refractivity contribution < 1.29 is 13.2 Å². The molecule has 0 aliphatic rings. The second-order valence-electron chi connectivity index (χ2n) is 3.86. The van der Waals surface area contributed by atoms with E-state index < -0.39 is 11.7 Å². The van der Waals surface area contributed by atoms with Gasteiger partial charge in [-0.3, -0.25) is 5.41 Å². The maximum absolute atomic E-state index is 12.5. The standard InChI is InChI=1S/C11H13BrF3N3/c1-18(5-4-10(16)17)9-3-2-7(6-8(9)12)11(13,14)15/h2-3,6H,4-5H2,1H3,(H3,16,17). The van der Waals surface area contributed by atoms with Gasteiger partial charge in [0.25, 0.3) is 0 Å². The smallest absolute Gasteiger partial charge is 0.388 e. The highest BCUT2D eigenvalue weighted by Gasteiger charge is 2.30. The molecule has 0 spiro atoms. The number of nitrogens with zero attached hydrogens (tertiary/aromatic N) is 1. The maximum atomic E-state index is 12.5. The van der Waals surface area contributed by atoms with Crippen LogP contribution in [-0.2, 0) is 6.18 Å². The summed E-state index contributed by atoms with van der Waals surface area (Å²) in [6, 6.07) is 3.47. The average molecular weight is 324 g/mol. The van der Waals surface area contributed by atoms with E-state index in [1.54, 1.807) is 11.9 Å². The molecule has 1 rings (SSSR count). The zero-order valence-corrected chi connectivity index (χ0v) is 11.3. The van der Waals surface area contributed by atoms with Gasteiger partial charge in [0.1, 0.15) is 0 Å². The third kappa shape index (κ3) is 3.90. The first-order chi connectivity index (χ1) is 8.21. The van der Waals surface area contributed by atoms with E-state index in [-0.39, 0.29) is 5.84 Å². The quantitative estimate of drug-likeness (QED) is 0.660. The van der Waals surface area contributed by atoms with Crippen LogP contribution in [0.15, 0.2) is 22.7 Å². The summed E-state index contributed by atoms with van der Waals surface area (Å²) in [5.41, 5.74) is 5.17. The summed E-state index contributed by atoms with van der Waals surface area (Å²) < 4.78 is 37.8. The molecule has 3 nitrogen and oxygen atoms in total. The lowest BCUT2D eigenvalue weighted by Crippen LogP contribution is -2.24. The van der Waals surface area contributed by atoms with Crippen molar-refractivity contribution in [2.24, 2.45) is 5.73 Å². The Bertz CT molecular complexity index is 446. The van der Waals surface area contributed by atoms with Crippen LogP contribution >= 0.6 is 15.9 Å². The Labute approximate surface area is 111 Å². The Morgan fingerprint density at radius 2 is 2.06 bits per heavy atom. The molecule has 1 aromatic carbocycles. The van der Waals surface area contributed by atoms with Gasteiger partial charge in [0.15, 0.2) is 0 Å². The number of nitrogens with one attached hydrogen (secondary N) is 1. The first-order valence-electron chi connectivity index (χ1n) is 5.12. The molecule has 0 aliphatic carbocycles. The molecule has 0 amide bonds. The van der Waals surface area contributed by atoms with Crippen molar-refractivity contribution in [1.82, 2.24) is 0 Å². The minimum Gasteiger partial charge on any atom is -0.388 e.